The molecular weight excluding hydrogens is 378 g/mol. The number of nitrogens with zero attached hydrogens (tertiary/aromatic N) is 3. The Balaban J connectivity index is 2.12. The van der Waals surface area contributed by atoms with Gasteiger partial charge in [-0.05, 0) is 43.7 Å². The smallest absolute Gasteiger partial charge is 0.315 e. The number of nitriles is 1. The van der Waals surface area contributed by atoms with Gasteiger partial charge in [0.2, 0.25) is 5.75 Å². The number of nitro benzene ring substituents is 1. The summed E-state index contributed by atoms with van der Waals surface area (Å²) in [4.78, 5) is 15.5. The zero-order valence-electron chi connectivity index (χ0n) is 15.5. The van der Waals surface area contributed by atoms with E-state index in [0.29, 0.717) is 16.1 Å². The van der Waals surface area contributed by atoms with Crippen molar-refractivity contribution in [3.8, 4) is 17.6 Å². The van der Waals surface area contributed by atoms with E-state index in [1.807, 2.05) is 24.3 Å². The Labute approximate surface area is 165 Å². The summed E-state index contributed by atoms with van der Waals surface area (Å²) in [5, 5.41) is 21.7. The quantitative estimate of drug-likeness (QED) is 0.328. The number of benzene rings is 2. The van der Waals surface area contributed by atoms with Gasteiger partial charge in [0.05, 0.1) is 33.9 Å². The molecule has 0 aliphatic carbocycles. The second-order valence-electron chi connectivity index (χ2n) is 6.15. The number of allylic oxidation sites excluding steroid dienone is 1. The summed E-state index contributed by atoms with van der Waals surface area (Å²) in [7, 11) is 1.42. The summed E-state index contributed by atoms with van der Waals surface area (Å²) in [6.07, 6.45) is 1.30. The maximum Gasteiger partial charge on any atom is 0.315 e. The molecule has 0 saturated carbocycles. The Morgan fingerprint density at radius 1 is 1.36 bits per heavy atom. The summed E-state index contributed by atoms with van der Waals surface area (Å²) >= 11 is 1.39. The maximum atomic E-state index is 11.5. The summed E-state index contributed by atoms with van der Waals surface area (Å²) in [5.74, 6) is 0.300. The van der Waals surface area contributed by atoms with Crippen LogP contribution in [0.2, 0.25) is 0 Å². The van der Waals surface area contributed by atoms with Crippen molar-refractivity contribution in [3.63, 3.8) is 0 Å². The molecule has 0 unspecified atom stereocenters. The third kappa shape index (κ3) is 3.94. The Hall–Kier alpha value is -3.44. The molecule has 7 nitrogen and oxygen atoms in total. The molecule has 0 aliphatic rings. The van der Waals surface area contributed by atoms with Gasteiger partial charge in [-0.1, -0.05) is 12.1 Å². The van der Waals surface area contributed by atoms with Gasteiger partial charge in [-0.3, -0.25) is 10.1 Å². The van der Waals surface area contributed by atoms with Crippen LogP contribution in [0, 0.1) is 21.4 Å². The molecule has 0 atom stereocenters. The zero-order valence-corrected chi connectivity index (χ0v) is 16.3. The molecule has 0 aliphatic heterocycles. The van der Waals surface area contributed by atoms with Gasteiger partial charge in [0, 0.05) is 6.07 Å². The van der Waals surface area contributed by atoms with Crippen LogP contribution in [0.3, 0.4) is 0 Å². The standard InChI is InChI=1S/C20H17N3O4S/c1-12(2)27-19-16(23(24)25)9-13(10-17(19)26-3)8-14(11-21)20-22-15-6-4-5-7-18(15)28-20/h4-10,12H,1-3H3/b14-8-. The highest BCUT2D eigenvalue weighted by Gasteiger charge is 2.23. The van der Waals surface area contributed by atoms with Gasteiger partial charge in [-0.15, -0.1) is 11.3 Å². The van der Waals surface area contributed by atoms with Crippen LogP contribution < -0.4 is 9.47 Å². The third-order valence-electron chi connectivity index (χ3n) is 3.78. The van der Waals surface area contributed by atoms with E-state index in [2.05, 4.69) is 11.1 Å². The Morgan fingerprint density at radius 2 is 2.11 bits per heavy atom. The second-order valence-corrected chi connectivity index (χ2v) is 7.18. The van der Waals surface area contributed by atoms with Crippen LogP contribution in [0.1, 0.15) is 24.4 Å². The number of thiazole rings is 1. The highest BCUT2D eigenvalue weighted by atomic mass is 32.1. The van der Waals surface area contributed by atoms with Gasteiger partial charge in [-0.25, -0.2) is 4.98 Å². The number of para-hydroxylation sites is 1. The molecule has 0 spiro atoms. The van der Waals surface area contributed by atoms with Gasteiger partial charge in [-0.2, -0.15) is 5.26 Å². The number of aromatic nitrogens is 1. The Morgan fingerprint density at radius 3 is 2.71 bits per heavy atom. The van der Waals surface area contributed by atoms with Gasteiger partial charge in [0.1, 0.15) is 11.1 Å². The van der Waals surface area contributed by atoms with Crippen molar-refractivity contribution in [1.29, 1.82) is 5.26 Å². The first-order chi connectivity index (χ1) is 13.4. The molecule has 3 rings (SSSR count). The van der Waals surface area contributed by atoms with Crippen molar-refractivity contribution in [3.05, 3.63) is 57.1 Å². The number of hydrogen-bond acceptors (Lipinski definition) is 7. The van der Waals surface area contributed by atoms with Crippen LogP contribution >= 0.6 is 11.3 Å². The lowest BCUT2D eigenvalue weighted by molar-refractivity contribution is -0.386. The molecule has 0 fully saturated rings. The molecular formula is C20H17N3O4S. The largest absolute Gasteiger partial charge is 0.493 e. The fraction of sp³-hybridized carbons (Fsp3) is 0.200. The molecule has 1 aromatic heterocycles. The van der Waals surface area contributed by atoms with E-state index in [9.17, 15) is 15.4 Å². The van der Waals surface area contributed by atoms with Crippen LogP contribution in [-0.2, 0) is 0 Å². The van der Waals surface area contributed by atoms with Gasteiger partial charge < -0.3 is 9.47 Å². The molecule has 8 heteroatoms. The van der Waals surface area contributed by atoms with Gasteiger partial charge in [0.15, 0.2) is 5.75 Å². The topological polar surface area (TPSA) is 98.3 Å². The van der Waals surface area contributed by atoms with Gasteiger partial charge in [0.25, 0.3) is 0 Å². The summed E-state index contributed by atoms with van der Waals surface area (Å²) in [5.41, 5.74) is 1.35. The molecule has 1 heterocycles. The molecule has 0 saturated heterocycles. The highest BCUT2D eigenvalue weighted by Crippen LogP contribution is 2.40. The second kappa shape index (κ2) is 8.06. The normalized spacial score (nSPS) is 11.5. The van der Waals surface area contributed by atoms with E-state index < -0.39 is 4.92 Å². The Kier molecular flexibility index (Phi) is 5.57. The number of fused-ring (bicyclic) bond motifs is 1. The molecule has 28 heavy (non-hydrogen) atoms. The van der Waals surface area contributed by atoms with E-state index in [4.69, 9.17) is 9.47 Å². The lowest BCUT2D eigenvalue weighted by atomic mass is 10.1. The molecule has 2 aromatic carbocycles. The number of ether oxygens (including phenoxy) is 2. The molecule has 142 valence electrons. The molecule has 0 radical (unpaired) electrons. The maximum absolute atomic E-state index is 11.5. The van der Waals surface area contributed by atoms with E-state index in [-0.39, 0.29) is 23.3 Å². The van der Waals surface area contributed by atoms with Crippen LogP contribution in [0.5, 0.6) is 11.5 Å². The molecule has 3 aromatic rings. The first-order valence-electron chi connectivity index (χ1n) is 8.43. The van der Waals surface area contributed by atoms with E-state index in [0.717, 1.165) is 10.2 Å². The predicted octanol–water partition coefficient (Wildman–Crippen LogP) is 5.06. The number of nitro groups is 1. The minimum atomic E-state index is -0.526. The minimum absolute atomic E-state index is 0.0677. The van der Waals surface area contributed by atoms with Crippen molar-refractivity contribution >= 4 is 38.9 Å². The van der Waals surface area contributed by atoms with Crippen LogP contribution in [-0.4, -0.2) is 23.1 Å². The van der Waals surface area contributed by atoms with Crippen LogP contribution in [0.25, 0.3) is 21.9 Å². The van der Waals surface area contributed by atoms with E-state index in [1.165, 1.54) is 24.5 Å². The average Bonchev–Trinajstić information content (AvgIpc) is 3.10. The molecule has 0 N–H and O–H groups in total. The molecule has 0 bridgehead atoms. The number of rotatable bonds is 6. The minimum Gasteiger partial charge on any atom is -0.493 e. The first kappa shape index (κ1) is 19.3. The number of methoxy groups -OCH3 is 1. The fourth-order valence-electron chi connectivity index (χ4n) is 2.63. The summed E-state index contributed by atoms with van der Waals surface area (Å²) in [6.45, 7) is 3.55. The lowest BCUT2D eigenvalue weighted by Gasteiger charge is -2.14. The van der Waals surface area contributed by atoms with E-state index >= 15 is 0 Å². The summed E-state index contributed by atoms with van der Waals surface area (Å²) < 4.78 is 11.8. The monoisotopic (exact) mass is 395 g/mol. The van der Waals surface area contributed by atoms with Crippen molar-refractivity contribution in [2.24, 2.45) is 0 Å². The SMILES string of the molecule is COc1cc(/C=C(/C#N)c2nc3ccccc3s2)cc([N+](=O)[O-])c1OC(C)C. The third-order valence-corrected chi connectivity index (χ3v) is 4.85. The molecule has 0 amide bonds. The first-order valence-corrected chi connectivity index (χ1v) is 9.25. The van der Waals surface area contributed by atoms with Crippen molar-refractivity contribution in [2.75, 3.05) is 7.11 Å². The summed E-state index contributed by atoms with van der Waals surface area (Å²) in [6, 6.07) is 12.7. The van der Waals surface area contributed by atoms with Crippen molar-refractivity contribution in [1.82, 2.24) is 4.98 Å². The zero-order chi connectivity index (χ0) is 20.3. The average molecular weight is 395 g/mol. The highest BCUT2D eigenvalue weighted by molar-refractivity contribution is 7.19. The van der Waals surface area contributed by atoms with Crippen molar-refractivity contribution < 1.29 is 14.4 Å². The number of hydrogen-bond donors (Lipinski definition) is 0. The Bertz CT molecular complexity index is 1080. The van der Waals surface area contributed by atoms with Crippen LogP contribution in [0.4, 0.5) is 5.69 Å². The van der Waals surface area contributed by atoms with Crippen molar-refractivity contribution in [2.45, 2.75) is 20.0 Å². The predicted molar refractivity (Wildman–Crippen MR) is 109 cm³/mol. The van der Waals surface area contributed by atoms with Gasteiger partial charge >= 0.3 is 5.69 Å². The van der Waals surface area contributed by atoms with E-state index in [1.54, 1.807) is 26.0 Å². The fourth-order valence-corrected chi connectivity index (χ4v) is 3.56. The van der Waals surface area contributed by atoms with Crippen LogP contribution in [0.15, 0.2) is 36.4 Å². The lowest BCUT2D eigenvalue weighted by Crippen LogP contribution is -2.09.